The third-order valence-electron chi connectivity index (χ3n) is 3.54. The van der Waals surface area contributed by atoms with Gasteiger partial charge in [0.05, 0.1) is 25.9 Å². The maximum atomic E-state index is 10.2. The van der Waals surface area contributed by atoms with Gasteiger partial charge in [0.15, 0.2) is 0 Å². The van der Waals surface area contributed by atoms with Gasteiger partial charge in [0.25, 0.3) is 0 Å². The van der Waals surface area contributed by atoms with Crippen LogP contribution in [-0.2, 0) is 6.61 Å². The van der Waals surface area contributed by atoms with Crippen LogP contribution in [0.4, 0.5) is 0 Å². The monoisotopic (exact) mass is 334 g/mol. The van der Waals surface area contributed by atoms with Crippen LogP contribution < -0.4 is 4.74 Å². The number of ether oxygens (including phenoxy) is 1. The second kappa shape index (κ2) is 8.93. The van der Waals surface area contributed by atoms with Crippen molar-refractivity contribution in [2.24, 2.45) is 0 Å². The number of aliphatic hydroxyl groups is 3. The van der Waals surface area contributed by atoms with Gasteiger partial charge in [-0.15, -0.1) is 11.8 Å². The van der Waals surface area contributed by atoms with Gasteiger partial charge in [-0.1, -0.05) is 36.4 Å². The van der Waals surface area contributed by atoms with Crippen LogP contribution >= 0.6 is 11.8 Å². The van der Waals surface area contributed by atoms with Gasteiger partial charge in [0, 0.05) is 17.1 Å². The minimum absolute atomic E-state index is 0.0193. The molecule has 0 saturated heterocycles. The molecule has 0 heterocycles. The van der Waals surface area contributed by atoms with E-state index in [-0.39, 0.29) is 13.0 Å². The van der Waals surface area contributed by atoms with Crippen molar-refractivity contribution in [2.75, 3.05) is 12.9 Å². The molecule has 3 N–H and O–H groups in total. The van der Waals surface area contributed by atoms with E-state index >= 15 is 0 Å². The van der Waals surface area contributed by atoms with Crippen molar-refractivity contribution in [1.82, 2.24) is 0 Å². The Morgan fingerprint density at radius 1 is 1.04 bits per heavy atom. The zero-order valence-corrected chi connectivity index (χ0v) is 13.9. The van der Waals surface area contributed by atoms with E-state index in [0.29, 0.717) is 5.75 Å². The van der Waals surface area contributed by atoms with Crippen molar-refractivity contribution in [2.45, 2.75) is 30.1 Å². The molecular weight excluding hydrogens is 312 g/mol. The summed E-state index contributed by atoms with van der Waals surface area (Å²) in [7, 11) is 1.62. The van der Waals surface area contributed by atoms with Gasteiger partial charge in [-0.05, 0) is 23.3 Å². The molecule has 0 aliphatic rings. The fourth-order valence-corrected chi connectivity index (χ4v) is 3.21. The molecule has 4 nitrogen and oxygen atoms in total. The molecular formula is C18H22O4S. The molecule has 23 heavy (non-hydrogen) atoms. The number of para-hydroxylation sites is 1. The van der Waals surface area contributed by atoms with Crippen LogP contribution in [0.15, 0.2) is 53.4 Å². The zero-order chi connectivity index (χ0) is 16.7. The Morgan fingerprint density at radius 2 is 1.74 bits per heavy atom. The average molecular weight is 334 g/mol. The normalized spacial score (nSPS) is 13.6. The second-order valence-corrected chi connectivity index (χ2v) is 6.33. The minimum Gasteiger partial charge on any atom is -0.496 e. The maximum absolute atomic E-state index is 10.2. The lowest BCUT2D eigenvalue weighted by Gasteiger charge is -2.16. The molecule has 0 saturated carbocycles. The third-order valence-corrected chi connectivity index (χ3v) is 4.74. The Kier molecular flexibility index (Phi) is 6.92. The number of thioether (sulfide) groups is 1. The lowest BCUT2D eigenvalue weighted by molar-refractivity contribution is 0.0931. The Morgan fingerprint density at radius 3 is 2.39 bits per heavy atom. The van der Waals surface area contributed by atoms with E-state index in [1.807, 2.05) is 24.3 Å². The Hall–Kier alpha value is -1.53. The quantitative estimate of drug-likeness (QED) is 0.648. The van der Waals surface area contributed by atoms with E-state index in [0.717, 1.165) is 21.8 Å². The summed E-state index contributed by atoms with van der Waals surface area (Å²) in [5.74, 6) is 1.26. The fourth-order valence-electron chi connectivity index (χ4n) is 2.23. The van der Waals surface area contributed by atoms with Gasteiger partial charge in [-0.2, -0.15) is 0 Å². The molecule has 124 valence electrons. The van der Waals surface area contributed by atoms with Crippen LogP contribution in [0.1, 0.15) is 23.7 Å². The first-order chi connectivity index (χ1) is 11.1. The van der Waals surface area contributed by atoms with Gasteiger partial charge in [0.2, 0.25) is 0 Å². The van der Waals surface area contributed by atoms with E-state index < -0.39 is 12.2 Å². The van der Waals surface area contributed by atoms with Crippen molar-refractivity contribution < 1.29 is 20.1 Å². The Labute approximate surface area is 140 Å². The largest absolute Gasteiger partial charge is 0.496 e. The molecule has 0 unspecified atom stereocenters. The van der Waals surface area contributed by atoms with Gasteiger partial charge in [-0.3, -0.25) is 0 Å². The van der Waals surface area contributed by atoms with Crippen LogP contribution in [0.5, 0.6) is 5.75 Å². The summed E-state index contributed by atoms with van der Waals surface area (Å²) in [6.45, 7) is -0.0193. The Bertz CT molecular complexity index is 600. The van der Waals surface area contributed by atoms with Crippen molar-refractivity contribution in [3.63, 3.8) is 0 Å². The lowest BCUT2D eigenvalue weighted by atomic mass is 10.0. The first-order valence-corrected chi connectivity index (χ1v) is 8.44. The van der Waals surface area contributed by atoms with Crippen LogP contribution in [0.25, 0.3) is 0 Å². The highest BCUT2D eigenvalue weighted by atomic mass is 32.2. The topological polar surface area (TPSA) is 69.9 Å². The molecule has 0 amide bonds. The first kappa shape index (κ1) is 17.8. The summed E-state index contributed by atoms with van der Waals surface area (Å²) in [5.41, 5.74) is 1.54. The highest BCUT2D eigenvalue weighted by Crippen LogP contribution is 2.30. The standard InChI is InChI=1S/C18H22O4S/c1-22-17-4-2-3-5-18(17)23-12-15(20)10-16(21)14-8-6-13(11-19)7-9-14/h2-9,15-16,19-21H,10-12H2,1H3/t15-,16+/m0/s1. The molecule has 0 aliphatic carbocycles. The summed E-state index contributed by atoms with van der Waals surface area (Å²) in [5, 5.41) is 29.4. The molecule has 0 aromatic heterocycles. The number of benzene rings is 2. The number of hydrogen-bond donors (Lipinski definition) is 3. The van der Waals surface area contributed by atoms with E-state index in [1.165, 1.54) is 11.8 Å². The molecule has 0 radical (unpaired) electrons. The molecule has 5 heteroatoms. The van der Waals surface area contributed by atoms with E-state index in [1.54, 1.807) is 31.4 Å². The summed E-state index contributed by atoms with van der Waals surface area (Å²) in [6, 6.07) is 14.7. The molecule has 0 aliphatic heterocycles. The van der Waals surface area contributed by atoms with Crippen molar-refractivity contribution in [1.29, 1.82) is 0 Å². The lowest BCUT2D eigenvalue weighted by Crippen LogP contribution is -2.15. The van der Waals surface area contributed by atoms with Gasteiger partial charge in [0.1, 0.15) is 5.75 Å². The molecule has 0 spiro atoms. The summed E-state index contributed by atoms with van der Waals surface area (Å²) in [4.78, 5) is 0.968. The maximum Gasteiger partial charge on any atom is 0.132 e. The predicted octanol–water partition coefficient (Wildman–Crippen LogP) is 2.76. The van der Waals surface area contributed by atoms with Gasteiger partial charge in [-0.25, -0.2) is 0 Å². The van der Waals surface area contributed by atoms with Crippen LogP contribution in [0, 0.1) is 0 Å². The highest BCUT2D eigenvalue weighted by Gasteiger charge is 2.15. The molecule has 2 aromatic carbocycles. The SMILES string of the molecule is COc1ccccc1SC[C@@H](O)C[C@@H](O)c1ccc(CO)cc1. The fraction of sp³-hybridized carbons (Fsp3) is 0.333. The summed E-state index contributed by atoms with van der Waals surface area (Å²) >= 11 is 1.50. The predicted molar refractivity (Wildman–Crippen MR) is 91.7 cm³/mol. The average Bonchev–Trinajstić information content (AvgIpc) is 2.60. The van der Waals surface area contributed by atoms with Crippen molar-refractivity contribution in [3.05, 3.63) is 59.7 Å². The van der Waals surface area contributed by atoms with Gasteiger partial charge >= 0.3 is 0 Å². The molecule has 2 rings (SSSR count). The number of rotatable bonds is 8. The zero-order valence-electron chi connectivity index (χ0n) is 13.1. The Balaban J connectivity index is 1.87. The van der Waals surface area contributed by atoms with Crippen LogP contribution in [0.3, 0.4) is 0 Å². The molecule has 0 fully saturated rings. The molecule has 2 aromatic rings. The third kappa shape index (κ3) is 5.25. The van der Waals surface area contributed by atoms with Crippen molar-refractivity contribution in [3.8, 4) is 5.75 Å². The van der Waals surface area contributed by atoms with Crippen molar-refractivity contribution >= 4 is 11.8 Å². The van der Waals surface area contributed by atoms with E-state index in [4.69, 9.17) is 9.84 Å². The van der Waals surface area contributed by atoms with Gasteiger partial charge < -0.3 is 20.1 Å². The van der Waals surface area contributed by atoms with Crippen LogP contribution in [0.2, 0.25) is 0 Å². The number of methoxy groups -OCH3 is 1. The summed E-state index contributed by atoms with van der Waals surface area (Å²) < 4.78 is 5.28. The second-order valence-electron chi connectivity index (χ2n) is 5.27. The van der Waals surface area contributed by atoms with E-state index in [9.17, 15) is 10.2 Å². The molecule has 0 bridgehead atoms. The first-order valence-electron chi connectivity index (χ1n) is 7.45. The number of hydrogen-bond acceptors (Lipinski definition) is 5. The number of aliphatic hydroxyl groups excluding tert-OH is 3. The smallest absolute Gasteiger partial charge is 0.132 e. The van der Waals surface area contributed by atoms with Crippen LogP contribution in [-0.4, -0.2) is 34.3 Å². The summed E-state index contributed by atoms with van der Waals surface area (Å²) in [6.07, 6.45) is -1.09. The molecule has 2 atom stereocenters. The minimum atomic E-state index is -0.726. The van der Waals surface area contributed by atoms with E-state index in [2.05, 4.69) is 0 Å². The highest BCUT2D eigenvalue weighted by molar-refractivity contribution is 7.99.